The minimum absolute atomic E-state index is 0.0912. The van der Waals surface area contributed by atoms with Crippen LogP contribution in [0.5, 0.6) is 11.5 Å². The van der Waals surface area contributed by atoms with Crippen molar-refractivity contribution in [3.05, 3.63) is 45.9 Å². The molecule has 0 bridgehead atoms. The van der Waals surface area contributed by atoms with Crippen molar-refractivity contribution in [1.82, 2.24) is 4.98 Å². The van der Waals surface area contributed by atoms with Gasteiger partial charge in [-0.1, -0.05) is 19.9 Å². The van der Waals surface area contributed by atoms with Crippen LogP contribution in [0.1, 0.15) is 25.1 Å². The first kappa shape index (κ1) is 16.6. The quantitative estimate of drug-likeness (QED) is 0.919. The summed E-state index contributed by atoms with van der Waals surface area (Å²) in [6, 6.07) is 9.16. The van der Waals surface area contributed by atoms with Crippen LogP contribution in [0.25, 0.3) is 11.1 Å². The second-order valence-electron chi connectivity index (χ2n) is 5.75. The third kappa shape index (κ3) is 3.72. The molecule has 0 fully saturated rings. The van der Waals surface area contributed by atoms with Gasteiger partial charge in [0.1, 0.15) is 11.6 Å². The summed E-state index contributed by atoms with van der Waals surface area (Å²) >= 11 is 0. The SMILES string of the molecule is COc1cc(-c2cc(C)[nH]c(=O)c2C#N)ccc1OCC(C)C. The average molecular weight is 312 g/mol. The van der Waals surface area contributed by atoms with E-state index >= 15 is 0 Å². The molecular formula is C18H20N2O3. The van der Waals surface area contributed by atoms with Gasteiger partial charge >= 0.3 is 0 Å². The third-order valence-electron chi connectivity index (χ3n) is 3.33. The summed E-state index contributed by atoms with van der Waals surface area (Å²) in [4.78, 5) is 14.6. The van der Waals surface area contributed by atoms with Crippen molar-refractivity contribution in [2.75, 3.05) is 13.7 Å². The Bertz CT molecular complexity index is 801. The molecule has 0 aliphatic carbocycles. The van der Waals surface area contributed by atoms with Crippen molar-refractivity contribution in [2.24, 2.45) is 5.92 Å². The standard InChI is InChI=1S/C18H20N2O3/c1-11(2)10-23-16-6-5-13(8-17(16)22-4)14-7-12(3)20-18(21)15(14)9-19/h5-8,11H,10H2,1-4H3,(H,20,21). The van der Waals surface area contributed by atoms with Crippen LogP contribution in [-0.4, -0.2) is 18.7 Å². The van der Waals surface area contributed by atoms with E-state index in [4.69, 9.17) is 9.47 Å². The van der Waals surface area contributed by atoms with Gasteiger partial charge in [-0.2, -0.15) is 5.26 Å². The number of aryl methyl sites for hydroxylation is 1. The molecule has 5 nitrogen and oxygen atoms in total. The molecule has 0 aliphatic heterocycles. The Hall–Kier alpha value is -2.74. The van der Waals surface area contributed by atoms with Crippen molar-refractivity contribution in [3.63, 3.8) is 0 Å². The monoisotopic (exact) mass is 312 g/mol. The number of pyridine rings is 1. The van der Waals surface area contributed by atoms with Gasteiger partial charge in [0.2, 0.25) is 0 Å². The molecular weight excluding hydrogens is 292 g/mol. The molecule has 0 spiro atoms. The summed E-state index contributed by atoms with van der Waals surface area (Å²) in [7, 11) is 1.57. The van der Waals surface area contributed by atoms with Crippen LogP contribution in [0.2, 0.25) is 0 Å². The highest BCUT2D eigenvalue weighted by Crippen LogP contribution is 2.33. The summed E-state index contributed by atoms with van der Waals surface area (Å²) in [5, 5.41) is 9.25. The Morgan fingerprint density at radius 1 is 1.26 bits per heavy atom. The lowest BCUT2D eigenvalue weighted by Crippen LogP contribution is -2.12. The van der Waals surface area contributed by atoms with E-state index < -0.39 is 0 Å². The first-order chi connectivity index (χ1) is 11.0. The molecule has 0 unspecified atom stereocenters. The number of benzene rings is 1. The van der Waals surface area contributed by atoms with Gasteiger partial charge in [0.25, 0.3) is 5.56 Å². The first-order valence-corrected chi connectivity index (χ1v) is 7.41. The van der Waals surface area contributed by atoms with Gasteiger partial charge in [0, 0.05) is 11.3 Å². The van der Waals surface area contributed by atoms with Crippen molar-refractivity contribution in [1.29, 1.82) is 5.26 Å². The predicted octanol–water partition coefficient (Wildman–Crippen LogP) is 3.27. The molecule has 5 heteroatoms. The van der Waals surface area contributed by atoms with Crippen LogP contribution in [0.4, 0.5) is 0 Å². The fourth-order valence-electron chi connectivity index (χ4n) is 2.24. The van der Waals surface area contributed by atoms with Gasteiger partial charge in [-0.05, 0) is 36.6 Å². The van der Waals surface area contributed by atoms with Gasteiger partial charge in [-0.25, -0.2) is 0 Å². The number of ether oxygens (including phenoxy) is 2. The molecule has 2 aromatic rings. The number of aromatic amines is 1. The van der Waals surface area contributed by atoms with E-state index in [2.05, 4.69) is 18.8 Å². The Morgan fingerprint density at radius 2 is 2.00 bits per heavy atom. The smallest absolute Gasteiger partial charge is 0.266 e. The molecule has 0 saturated heterocycles. The molecule has 1 N–H and O–H groups in total. The maximum atomic E-state index is 11.9. The van der Waals surface area contributed by atoms with E-state index in [0.29, 0.717) is 35.3 Å². The number of nitrogens with zero attached hydrogens (tertiary/aromatic N) is 1. The number of methoxy groups -OCH3 is 1. The molecule has 0 atom stereocenters. The summed E-state index contributed by atoms with van der Waals surface area (Å²) in [6.45, 7) is 6.50. The Labute approximate surface area is 135 Å². The van der Waals surface area contributed by atoms with Crippen molar-refractivity contribution < 1.29 is 9.47 Å². The summed E-state index contributed by atoms with van der Waals surface area (Å²) in [5.41, 5.74) is 1.73. The fraction of sp³-hybridized carbons (Fsp3) is 0.333. The molecule has 2 rings (SSSR count). The van der Waals surface area contributed by atoms with Crippen molar-refractivity contribution in [2.45, 2.75) is 20.8 Å². The van der Waals surface area contributed by atoms with E-state index in [1.165, 1.54) is 0 Å². The van der Waals surface area contributed by atoms with Crippen LogP contribution >= 0.6 is 0 Å². The minimum atomic E-state index is -0.387. The van der Waals surface area contributed by atoms with Crippen LogP contribution in [0.3, 0.4) is 0 Å². The van der Waals surface area contributed by atoms with Gasteiger partial charge < -0.3 is 14.5 Å². The summed E-state index contributed by atoms with van der Waals surface area (Å²) in [5.74, 6) is 1.62. The Morgan fingerprint density at radius 3 is 2.61 bits per heavy atom. The number of hydrogen-bond acceptors (Lipinski definition) is 4. The molecule has 0 radical (unpaired) electrons. The largest absolute Gasteiger partial charge is 0.493 e. The van der Waals surface area contributed by atoms with Gasteiger partial charge in [-0.3, -0.25) is 4.79 Å². The van der Waals surface area contributed by atoms with E-state index in [1.54, 1.807) is 32.2 Å². The fourth-order valence-corrected chi connectivity index (χ4v) is 2.24. The normalized spacial score (nSPS) is 10.4. The highest BCUT2D eigenvalue weighted by Gasteiger charge is 2.13. The van der Waals surface area contributed by atoms with E-state index in [9.17, 15) is 10.1 Å². The molecule has 1 aromatic heterocycles. The van der Waals surface area contributed by atoms with Crippen LogP contribution < -0.4 is 15.0 Å². The van der Waals surface area contributed by atoms with E-state index in [0.717, 1.165) is 5.56 Å². The second kappa shape index (κ2) is 7.01. The highest BCUT2D eigenvalue weighted by atomic mass is 16.5. The Balaban J connectivity index is 2.50. The van der Waals surface area contributed by atoms with Crippen LogP contribution in [0.15, 0.2) is 29.1 Å². The van der Waals surface area contributed by atoms with Gasteiger partial charge in [0.15, 0.2) is 11.5 Å². The molecule has 120 valence electrons. The summed E-state index contributed by atoms with van der Waals surface area (Å²) in [6.07, 6.45) is 0. The lowest BCUT2D eigenvalue weighted by molar-refractivity contribution is 0.257. The lowest BCUT2D eigenvalue weighted by atomic mass is 10.0. The predicted molar refractivity (Wildman–Crippen MR) is 88.8 cm³/mol. The number of nitriles is 1. The lowest BCUT2D eigenvalue weighted by Gasteiger charge is -2.14. The highest BCUT2D eigenvalue weighted by molar-refractivity contribution is 5.72. The minimum Gasteiger partial charge on any atom is -0.493 e. The maximum Gasteiger partial charge on any atom is 0.266 e. The Kier molecular flexibility index (Phi) is 5.07. The van der Waals surface area contributed by atoms with Gasteiger partial charge in [0.05, 0.1) is 13.7 Å². The molecule has 0 amide bonds. The van der Waals surface area contributed by atoms with Crippen molar-refractivity contribution >= 4 is 0 Å². The third-order valence-corrected chi connectivity index (χ3v) is 3.33. The number of rotatable bonds is 5. The molecule has 23 heavy (non-hydrogen) atoms. The topological polar surface area (TPSA) is 75.1 Å². The van der Waals surface area contributed by atoms with E-state index in [-0.39, 0.29) is 11.1 Å². The molecule has 0 saturated carbocycles. The second-order valence-corrected chi connectivity index (χ2v) is 5.75. The van der Waals surface area contributed by atoms with E-state index in [1.807, 2.05) is 12.1 Å². The summed E-state index contributed by atoms with van der Waals surface area (Å²) < 4.78 is 11.1. The maximum absolute atomic E-state index is 11.9. The zero-order chi connectivity index (χ0) is 17.0. The average Bonchev–Trinajstić information content (AvgIpc) is 2.52. The number of H-pyrrole nitrogens is 1. The zero-order valence-electron chi connectivity index (χ0n) is 13.8. The number of hydrogen-bond donors (Lipinski definition) is 1. The zero-order valence-corrected chi connectivity index (χ0v) is 13.8. The number of nitrogens with one attached hydrogen (secondary N) is 1. The van der Waals surface area contributed by atoms with Gasteiger partial charge in [-0.15, -0.1) is 0 Å². The number of aromatic nitrogens is 1. The molecule has 0 aliphatic rings. The first-order valence-electron chi connectivity index (χ1n) is 7.41. The van der Waals surface area contributed by atoms with Crippen LogP contribution in [0, 0.1) is 24.2 Å². The van der Waals surface area contributed by atoms with Crippen molar-refractivity contribution in [3.8, 4) is 28.7 Å². The molecule has 1 aromatic carbocycles. The molecule has 1 heterocycles. The van der Waals surface area contributed by atoms with Crippen LogP contribution in [-0.2, 0) is 0 Å².